The number of ether oxygens (including phenoxy) is 2. The Morgan fingerprint density at radius 2 is 1.75 bits per heavy atom. The lowest BCUT2D eigenvalue weighted by molar-refractivity contribution is -0.141. The highest BCUT2D eigenvalue weighted by molar-refractivity contribution is 7.80. The maximum absolute atomic E-state index is 12.7. The minimum atomic E-state index is -0.510. The Labute approximate surface area is 166 Å². The van der Waals surface area contributed by atoms with Gasteiger partial charge in [-0.2, -0.15) is 0 Å². The number of rotatable bonds is 5. The molecule has 1 amide bonds. The third-order valence-corrected chi connectivity index (χ3v) is 4.98. The Balaban J connectivity index is 2.09. The second-order valence-electron chi connectivity index (χ2n) is 6.14. The summed E-state index contributed by atoms with van der Waals surface area (Å²) in [5.41, 5.74) is 1.80. The average Bonchev–Trinajstić information content (AvgIpc) is 3.14. The smallest absolute Gasteiger partial charge is 0.325 e. The van der Waals surface area contributed by atoms with Crippen LogP contribution in [0.3, 0.4) is 0 Å². The fraction of sp³-hybridized carbons (Fsp3) is 0.263. The van der Waals surface area contributed by atoms with Gasteiger partial charge in [0.25, 0.3) is 5.91 Å². The number of aromatic nitrogens is 1. The first kappa shape index (κ1) is 19.6. The molecule has 1 aliphatic rings. The monoisotopic (exact) mass is 401 g/mol. The van der Waals surface area contributed by atoms with E-state index in [4.69, 9.17) is 21.7 Å². The Hall–Kier alpha value is -3.20. The lowest BCUT2D eigenvalue weighted by Gasteiger charge is -2.16. The van der Waals surface area contributed by atoms with Crippen molar-refractivity contribution >= 4 is 52.2 Å². The summed E-state index contributed by atoms with van der Waals surface area (Å²) in [5.74, 6) is -1.21. The number of fused-ring (bicyclic) bond motifs is 1. The largest absolute Gasteiger partial charge is 0.468 e. The van der Waals surface area contributed by atoms with E-state index >= 15 is 0 Å². The third-order valence-electron chi connectivity index (χ3n) is 4.49. The van der Waals surface area contributed by atoms with E-state index in [1.807, 2.05) is 24.3 Å². The molecular weight excluding hydrogens is 382 g/mol. The molecule has 9 heteroatoms. The number of carbonyl (C=O) groups is 3. The highest BCUT2D eigenvalue weighted by Crippen LogP contribution is 2.27. The van der Waals surface area contributed by atoms with Gasteiger partial charge in [0.05, 0.1) is 14.2 Å². The molecule has 1 saturated heterocycles. The Morgan fingerprint density at radius 1 is 1.11 bits per heavy atom. The molecule has 0 atom stereocenters. The third kappa shape index (κ3) is 3.48. The number of methoxy groups -OCH3 is 2. The molecule has 2 aromatic rings. The van der Waals surface area contributed by atoms with Crippen LogP contribution in [0.4, 0.5) is 0 Å². The van der Waals surface area contributed by atoms with E-state index in [9.17, 15) is 14.4 Å². The van der Waals surface area contributed by atoms with Crippen LogP contribution in [0, 0.1) is 0 Å². The van der Waals surface area contributed by atoms with Crippen molar-refractivity contribution in [2.75, 3.05) is 27.8 Å². The molecule has 0 radical (unpaired) electrons. The van der Waals surface area contributed by atoms with Gasteiger partial charge in [0.15, 0.2) is 5.11 Å². The molecule has 1 aromatic carbocycles. The zero-order chi connectivity index (χ0) is 20.4. The van der Waals surface area contributed by atoms with Gasteiger partial charge in [0.2, 0.25) is 0 Å². The molecule has 0 N–H and O–H groups in total. The van der Waals surface area contributed by atoms with Crippen molar-refractivity contribution in [2.45, 2.75) is 6.54 Å². The van der Waals surface area contributed by atoms with E-state index in [1.54, 1.807) is 23.9 Å². The van der Waals surface area contributed by atoms with Crippen LogP contribution in [0.2, 0.25) is 0 Å². The number of likely N-dealkylation sites (N-methyl/N-ethyl adjacent to an activating group) is 1. The number of thiocarbonyl (C=S) groups is 1. The molecular formula is C19H19N3O5S. The van der Waals surface area contributed by atoms with Crippen molar-refractivity contribution in [3.8, 4) is 0 Å². The quantitative estimate of drug-likeness (QED) is 0.425. The highest BCUT2D eigenvalue weighted by atomic mass is 32.1. The van der Waals surface area contributed by atoms with Gasteiger partial charge in [-0.05, 0) is 24.4 Å². The van der Waals surface area contributed by atoms with E-state index in [0.29, 0.717) is 0 Å². The number of carbonyl (C=O) groups excluding carboxylic acids is 3. The SMILES string of the molecule is COC(=O)CN1C(=S)N(C)C(=O)/C1=C/c1cn(CC(=O)OC)c2ccccc12. The number of hydrogen-bond acceptors (Lipinski definition) is 6. The Bertz CT molecular complexity index is 1010. The minimum absolute atomic E-state index is 0.0400. The molecule has 1 aromatic heterocycles. The summed E-state index contributed by atoms with van der Waals surface area (Å²) in [7, 11) is 4.16. The number of benzene rings is 1. The molecule has 1 fully saturated rings. The Kier molecular flexibility index (Phi) is 5.46. The van der Waals surface area contributed by atoms with Gasteiger partial charge in [-0.3, -0.25) is 19.3 Å². The Morgan fingerprint density at radius 3 is 2.43 bits per heavy atom. The molecule has 146 valence electrons. The molecule has 2 heterocycles. The van der Waals surface area contributed by atoms with E-state index in [2.05, 4.69) is 0 Å². The summed E-state index contributed by atoms with van der Waals surface area (Å²) in [6, 6.07) is 7.49. The van der Waals surface area contributed by atoms with Crippen LogP contribution in [0.15, 0.2) is 36.2 Å². The topological polar surface area (TPSA) is 81.1 Å². The van der Waals surface area contributed by atoms with Gasteiger partial charge >= 0.3 is 11.9 Å². The first-order chi connectivity index (χ1) is 13.4. The minimum Gasteiger partial charge on any atom is -0.468 e. The maximum Gasteiger partial charge on any atom is 0.325 e. The van der Waals surface area contributed by atoms with Crippen molar-refractivity contribution < 1.29 is 23.9 Å². The average molecular weight is 401 g/mol. The van der Waals surface area contributed by atoms with E-state index in [-0.39, 0.29) is 35.8 Å². The van der Waals surface area contributed by atoms with E-state index < -0.39 is 5.97 Å². The molecule has 3 rings (SSSR count). The van der Waals surface area contributed by atoms with Crippen LogP contribution in [-0.2, 0) is 30.4 Å². The second kappa shape index (κ2) is 7.81. The summed E-state index contributed by atoms with van der Waals surface area (Å²) >= 11 is 5.29. The van der Waals surface area contributed by atoms with Gasteiger partial charge < -0.3 is 18.9 Å². The maximum atomic E-state index is 12.7. The van der Waals surface area contributed by atoms with Crippen LogP contribution in [0.25, 0.3) is 17.0 Å². The summed E-state index contributed by atoms with van der Waals surface area (Å²) in [6.07, 6.45) is 3.43. The van der Waals surface area contributed by atoms with Crippen LogP contribution in [-0.4, -0.2) is 65.1 Å². The highest BCUT2D eigenvalue weighted by Gasteiger charge is 2.37. The summed E-state index contributed by atoms with van der Waals surface area (Å²) in [5, 5.41) is 1.07. The fourth-order valence-electron chi connectivity index (χ4n) is 3.02. The zero-order valence-corrected chi connectivity index (χ0v) is 16.5. The van der Waals surface area contributed by atoms with Gasteiger partial charge in [0.1, 0.15) is 18.8 Å². The lowest BCUT2D eigenvalue weighted by Crippen LogP contribution is -2.33. The van der Waals surface area contributed by atoms with Gasteiger partial charge in [-0.15, -0.1) is 0 Å². The molecule has 0 spiro atoms. The molecule has 0 bridgehead atoms. The van der Waals surface area contributed by atoms with Crippen LogP contribution in [0.5, 0.6) is 0 Å². The summed E-state index contributed by atoms with van der Waals surface area (Å²) < 4.78 is 11.2. The molecule has 8 nitrogen and oxygen atoms in total. The second-order valence-corrected chi connectivity index (χ2v) is 6.51. The number of nitrogens with zero attached hydrogens (tertiary/aromatic N) is 3. The summed E-state index contributed by atoms with van der Waals surface area (Å²) in [6.45, 7) is -0.129. The molecule has 0 unspecified atom stereocenters. The van der Waals surface area contributed by atoms with E-state index in [0.717, 1.165) is 16.5 Å². The molecule has 1 aliphatic heterocycles. The number of hydrogen-bond donors (Lipinski definition) is 0. The normalized spacial score (nSPS) is 15.6. The predicted octanol–water partition coefficient (Wildman–Crippen LogP) is 1.39. The van der Waals surface area contributed by atoms with Crippen LogP contribution >= 0.6 is 12.2 Å². The number of esters is 2. The molecule has 0 saturated carbocycles. The van der Waals surface area contributed by atoms with Crippen LogP contribution in [0.1, 0.15) is 5.56 Å². The number of amides is 1. The van der Waals surface area contributed by atoms with Crippen molar-refractivity contribution in [1.29, 1.82) is 0 Å². The first-order valence-corrected chi connectivity index (χ1v) is 8.81. The standard InChI is InChI=1S/C19H19N3O5S/c1-20-18(25)15(22(19(20)28)11-17(24)27-3)8-12-9-21(10-16(23)26-2)14-7-5-4-6-13(12)14/h4-9H,10-11H2,1-3H3/b15-8-. The number of para-hydroxylation sites is 1. The predicted molar refractivity (Wildman–Crippen MR) is 106 cm³/mol. The van der Waals surface area contributed by atoms with E-state index in [1.165, 1.54) is 24.0 Å². The van der Waals surface area contributed by atoms with Crippen LogP contribution < -0.4 is 0 Å². The summed E-state index contributed by atoms with van der Waals surface area (Å²) in [4.78, 5) is 38.9. The zero-order valence-electron chi connectivity index (χ0n) is 15.7. The molecule has 0 aliphatic carbocycles. The lowest BCUT2D eigenvalue weighted by atomic mass is 10.1. The fourth-order valence-corrected chi connectivity index (χ4v) is 3.26. The van der Waals surface area contributed by atoms with Crippen molar-refractivity contribution in [3.05, 3.63) is 41.7 Å². The van der Waals surface area contributed by atoms with Gasteiger partial charge in [-0.25, -0.2) is 0 Å². The van der Waals surface area contributed by atoms with Gasteiger partial charge in [0, 0.05) is 29.7 Å². The molecule has 28 heavy (non-hydrogen) atoms. The van der Waals surface area contributed by atoms with Crippen molar-refractivity contribution in [2.24, 2.45) is 0 Å². The van der Waals surface area contributed by atoms with Crippen molar-refractivity contribution in [3.63, 3.8) is 0 Å². The van der Waals surface area contributed by atoms with Gasteiger partial charge in [-0.1, -0.05) is 18.2 Å². The first-order valence-electron chi connectivity index (χ1n) is 8.40. The van der Waals surface area contributed by atoms with Crippen molar-refractivity contribution in [1.82, 2.24) is 14.4 Å².